The van der Waals surface area contributed by atoms with Gasteiger partial charge in [0.05, 0.1) is 12.8 Å². The molecule has 5 nitrogen and oxygen atoms in total. The van der Waals surface area contributed by atoms with Crippen LogP contribution in [0.5, 0.6) is 5.75 Å². The van der Waals surface area contributed by atoms with E-state index in [1.165, 1.54) is 19.3 Å². The summed E-state index contributed by atoms with van der Waals surface area (Å²) in [5, 5.41) is 3.98. The van der Waals surface area contributed by atoms with Crippen molar-refractivity contribution in [2.45, 2.75) is 45.6 Å². The summed E-state index contributed by atoms with van der Waals surface area (Å²) in [4.78, 5) is 11.8. The highest BCUT2D eigenvalue weighted by atomic mass is 35.5. The maximum atomic E-state index is 6.13. The average Bonchev–Trinajstić information content (AvgIpc) is 2.61. The number of nitrogens with zero attached hydrogens (tertiary/aromatic N) is 3. The van der Waals surface area contributed by atoms with E-state index in [9.17, 15) is 0 Å². The van der Waals surface area contributed by atoms with E-state index in [0.29, 0.717) is 11.1 Å². The second-order valence-corrected chi connectivity index (χ2v) is 6.85. The van der Waals surface area contributed by atoms with Crippen LogP contribution in [-0.4, -0.2) is 29.7 Å². The first kappa shape index (κ1) is 17.8. The first-order valence-corrected chi connectivity index (χ1v) is 9.21. The maximum Gasteiger partial charge on any atom is 0.227 e. The number of hydrogen-bond donors (Lipinski definition) is 1. The van der Waals surface area contributed by atoms with Gasteiger partial charge >= 0.3 is 0 Å². The highest BCUT2D eigenvalue weighted by Crippen LogP contribution is 2.31. The van der Waals surface area contributed by atoms with Crippen molar-refractivity contribution in [2.75, 3.05) is 23.9 Å². The number of methoxy groups -OCH3 is 1. The minimum atomic E-state index is 0.518. The number of aromatic nitrogens is 2. The molecule has 3 rings (SSSR count). The number of piperidine rings is 1. The van der Waals surface area contributed by atoms with Gasteiger partial charge in [-0.15, -0.1) is 0 Å². The van der Waals surface area contributed by atoms with Gasteiger partial charge in [-0.05, 0) is 50.8 Å². The zero-order valence-corrected chi connectivity index (χ0v) is 15.8. The Hall–Kier alpha value is -2.01. The molecule has 0 saturated carbocycles. The molecule has 0 spiro atoms. The molecule has 1 aromatic heterocycles. The Labute approximate surface area is 154 Å². The largest absolute Gasteiger partial charge is 0.495 e. The third-order valence-corrected chi connectivity index (χ3v) is 4.86. The topological polar surface area (TPSA) is 50.3 Å². The van der Waals surface area contributed by atoms with Crippen LogP contribution in [0.3, 0.4) is 0 Å². The van der Waals surface area contributed by atoms with Crippen molar-refractivity contribution >= 4 is 29.1 Å². The molecule has 1 aliphatic rings. The quantitative estimate of drug-likeness (QED) is 0.816. The summed E-state index contributed by atoms with van der Waals surface area (Å²) in [6.07, 6.45) is 4.80. The maximum absolute atomic E-state index is 6.13. The van der Waals surface area contributed by atoms with Gasteiger partial charge in [-0.1, -0.05) is 18.5 Å². The number of rotatable bonds is 5. The molecule has 1 N–H and O–H groups in total. The first-order chi connectivity index (χ1) is 12.1. The molecule has 0 amide bonds. The Morgan fingerprint density at radius 3 is 2.88 bits per heavy atom. The molecule has 0 aliphatic carbocycles. The predicted molar refractivity (Wildman–Crippen MR) is 103 cm³/mol. The second kappa shape index (κ2) is 7.91. The summed E-state index contributed by atoms with van der Waals surface area (Å²) >= 11 is 6.13. The van der Waals surface area contributed by atoms with Gasteiger partial charge in [-0.25, -0.2) is 4.98 Å². The van der Waals surface area contributed by atoms with E-state index in [1.807, 2.05) is 31.2 Å². The molecule has 25 heavy (non-hydrogen) atoms. The molecule has 134 valence electrons. The Morgan fingerprint density at radius 2 is 2.12 bits per heavy atom. The predicted octanol–water partition coefficient (Wildman–Crippen LogP) is 4.96. The van der Waals surface area contributed by atoms with Crippen LogP contribution in [0.2, 0.25) is 5.02 Å². The Balaban J connectivity index is 1.91. The molecule has 1 aliphatic heterocycles. The van der Waals surface area contributed by atoms with Crippen molar-refractivity contribution in [1.82, 2.24) is 9.97 Å². The molecule has 6 heteroatoms. The summed E-state index contributed by atoms with van der Waals surface area (Å²) < 4.78 is 5.41. The van der Waals surface area contributed by atoms with Crippen LogP contribution < -0.4 is 15.0 Å². The number of nitrogens with one attached hydrogen (secondary N) is 1. The van der Waals surface area contributed by atoms with Crippen LogP contribution in [0.1, 0.15) is 38.3 Å². The molecule has 1 atom stereocenters. The van der Waals surface area contributed by atoms with Gasteiger partial charge in [-0.3, -0.25) is 0 Å². The molecule has 1 saturated heterocycles. The molecule has 1 unspecified atom stereocenters. The summed E-state index contributed by atoms with van der Waals surface area (Å²) in [7, 11) is 1.64. The Kier molecular flexibility index (Phi) is 5.63. The normalized spacial score (nSPS) is 17.4. The molecule has 0 radical (unpaired) electrons. The zero-order chi connectivity index (χ0) is 17.8. The summed E-state index contributed by atoms with van der Waals surface area (Å²) in [6.45, 7) is 5.24. The zero-order valence-electron chi connectivity index (χ0n) is 15.1. The number of aryl methyl sites for hydroxylation is 1. The summed E-state index contributed by atoms with van der Waals surface area (Å²) in [6, 6.07) is 7.95. The van der Waals surface area contributed by atoms with Gasteiger partial charge in [0, 0.05) is 29.4 Å². The Bertz CT molecular complexity index is 737. The van der Waals surface area contributed by atoms with Gasteiger partial charge in [0.25, 0.3) is 0 Å². The lowest BCUT2D eigenvalue weighted by atomic mass is 10.0. The SMILES string of the molecule is CCC1CCCCN1c1nc(C)cc(Nc2cc(Cl)ccc2OC)n1. The van der Waals surface area contributed by atoms with Crippen LogP contribution in [0.15, 0.2) is 24.3 Å². The van der Waals surface area contributed by atoms with Crippen LogP contribution in [0, 0.1) is 6.92 Å². The van der Waals surface area contributed by atoms with E-state index in [2.05, 4.69) is 22.1 Å². The van der Waals surface area contributed by atoms with E-state index in [4.69, 9.17) is 21.3 Å². The molecular weight excluding hydrogens is 336 g/mol. The monoisotopic (exact) mass is 360 g/mol. The van der Waals surface area contributed by atoms with Crippen molar-refractivity contribution in [3.63, 3.8) is 0 Å². The van der Waals surface area contributed by atoms with Crippen LogP contribution in [-0.2, 0) is 0 Å². The van der Waals surface area contributed by atoms with Crippen molar-refractivity contribution in [3.05, 3.63) is 35.0 Å². The lowest BCUT2D eigenvalue weighted by molar-refractivity contribution is 0.417. The van der Waals surface area contributed by atoms with Gasteiger partial charge in [0.1, 0.15) is 11.6 Å². The number of ether oxygens (including phenoxy) is 1. The average molecular weight is 361 g/mol. The smallest absolute Gasteiger partial charge is 0.227 e. The third kappa shape index (κ3) is 4.15. The lowest BCUT2D eigenvalue weighted by Gasteiger charge is -2.35. The minimum Gasteiger partial charge on any atom is -0.495 e. The van der Waals surface area contributed by atoms with Crippen molar-refractivity contribution in [1.29, 1.82) is 0 Å². The van der Waals surface area contributed by atoms with Gasteiger partial charge < -0.3 is 15.0 Å². The number of anilines is 3. The molecule has 1 aromatic carbocycles. The third-order valence-electron chi connectivity index (χ3n) is 4.62. The van der Waals surface area contributed by atoms with Crippen LogP contribution in [0.25, 0.3) is 0 Å². The number of hydrogen-bond acceptors (Lipinski definition) is 5. The summed E-state index contributed by atoms with van der Waals surface area (Å²) in [5.41, 5.74) is 1.73. The number of halogens is 1. The minimum absolute atomic E-state index is 0.518. The van der Waals surface area contributed by atoms with Crippen molar-refractivity contribution in [2.24, 2.45) is 0 Å². The summed E-state index contributed by atoms with van der Waals surface area (Å²) in [5.74, 6) is 2.28. The molecule has 2 heterocycles. The van der Waals surface area contributed by atoms with E-state index < -0.39 is 0 Å². The lowest BCUT2D eigenvalue weighted by Crippen LogP contribution is -2.40. The molecular formula is C19H25ClN4O. The van der Waals surface area contributed by atoms with Crippen LogP contribution in [0.4, 0.5) is 17.5 Å². The van der Waals surface area contributed by atoms with E-state index in [1.54, 1.807) is 7.11 Å². The van der Waals surface area contributed by atoms with Gasteiger partial charge in [0.15, 0.2) is 0 Å². The standard InChI is InChI=1S/C19H25ClN4O/c1-4-15-7-5-6-10-24(15)19-21-13(2)11-18(23-19)22-16-12-14(20)8-9-17(16)25-3/h8-9,11-12,15H,4-7,10H2,1-3H3,(H,21,22,23). The fraction of sp³-hybridized carbons (Fsp3) is 0.474. The van der Waals surface area contributed by atoms with Gasteiger partial charge in [-0.2, -0.15) is 4.98 Å². The van der Waals surface area contributed by atoms with Crippen molar-refractivity contribution in [3.8, 4) is 5.75 Å². The number of benzene rings is 1. The fourth-order valence-corrected chi connectivity index (χ4v) is 3.52. The highest BCUT2D eigenvalue weighted by molar-refractivity contribution is 6.31. The molecule has 1 fully saturated rings. The molecule has 2 aromatic rings. The van der Waals surface area contributed by atoms with E-state index >= 15 is 0 Å². The molecule has 0 bridgehead atoms. The van der Waals surface area contributed by atoms with Crippen molar-refractivity contribution < 1.29 is 4.74 Å². The van der Waals surface area contributed by atoms with Crippen LogP contribution >= 0.6 is 11.6 Å². The highest BCUT2D eigenvalue weighted by Gasteiger charge is 2.23. The van der Waals surface area contributed by atoms with Gasteiger partial charge in [0.2, 0.25) is 5.95 Å². The first-order valence-electron chi connectivity index (χ1n) is 8.83. The fourth-order valence-electron chi connectivity index (χ4n) is 3.35. The second-order valence-electron chi connectivity index (χ2n) is 6.42. The van der Waals surface area contributed by atoms with E-state index in [0.717, 1.165) is 41.9 Å². The van der Waals surface area contributed by atoms with E-state index in [-0.39, 0.29) is 0 Å². The Morgan fingerprint density at radius 1 is 1.28 bits per heavy atom.